The van der Waals surface area contributed by atoms with E-state index < -0.39 is 10.0 Å². The van der Waals surface area contributed by atoms with Crippen molar-refractivity contribution in [3.63, 3.8) is 0 Å². The van der Waals surface area contributed by atoms with Crippen molar-refractivity contribution in [2.75, 3.05) is 26.7 Å². The highest BCUT2D eigenvalue weighted by atomic mass is 32.2. The van der Waals surface area contributed by atoms with Gasteiger partial charge in [0.25, 0.3) is 0 Å². The summed E-state index contributed by atoms with van der Waals surface area (Å²) < 4.78 is 27.8. The van der Waals surface area contributed by atoms with Crippen LogP contribution in [0, 0.1) is 11.8 Å². The minimum absolute atomic E-state index is 0.0655. The molecule has 2 rings (SSSR count). The van der Waals surface area contributed by atoms with Gasteiger partial charge in [-0.05, 0) is 30.5 Å². The summed E-state index contributed by atoms with van der Waals surface area (Å²) in [6.07, 6.45) is 0. The van der Waals surface area contributed by atoms with Crippen LogP contribution in [0.2, 0.25) is 0 Å². The van der Waals surface area contributed by atoms with Gasteiger partial charge in [-0.3, -0.25) is 4.79 Å². The molecule has 9 heteroatoms. The minimum atomic E-state index is -3.74. The molecule has 1 saturated heterocycles. The molecule has 2 unspecified atom stereocenters. The second-order valence-corrected chi connectivity index (χ2v) is 7.94. The first-order valence-electron chi connectivity index (χ1n) is 8.49. The summed E-state index contributed by atoms with van der Waals surface area (Å²) in [6.45, 7) is 6.21. The highest BCUT2D eigenvalue weighted by Crippen LogP contribution is 2.24. The number of hydrogen-bond acceptors (Lipinski definition) is 5. The Bertz CT molecular complexity index is 779. The van der Waals surface area contributed by atoms with Gasteiger partial charge in [0, 0.05) is 19.6 Å². The lowest BCUT2D eigenvalue weighted by Gasteiger charge is -2.21. The maximum atomic E-state index is 11.9. The van der Waals surface area contributed by atoms with Crippen LogP contribution in [0.4, 0.5) is 0 Å². The molecule has 1 fully saturated rings. The number of benzene rings is 1. The number of aliphatic imine (C=N–C) groups is 1. The molecule has 0 amide bonds. The average Bonchev–Trinajstić information content (AvgIpc) is 2.99. The summed E-state index contributed by atoms with van der Waals surface area (Å²) in [6, 6.07) is 6.41. The Hall–Kier alpha value is -2.13. The number of guanidine groups is 1. The van der Waals surface area contributed by atoms with Crippen LogP contribution in [0.3, 0.4) is 0 Å². The van der Waals surface area contributed by atoms with Crippen molar-refractivity contribution in [2.24, 2.45) is 22.0 Å². The van der Waals surface area contributed by atoms with Gasteiger partial charge in [-0.2, -0.15) is 0 Å². The van der Waals surface area contributed by atoms with Crippen molar-refractivity contribution in [1.82, 2.24) is 10.2 Å². The van der Waals surface area contributed by atoms with Gasteiger partial charge >= 0.3 is 5.97 Å². The standard InChI is InChI=1S/C17H26N4O4S/c1-4-19-17(21-10-12(2)15(11-21)16(22)25-3)20-9-13-6-5-7-14(8-13)26(18,23)24/h5-8,12,15H,4,9-11H2,1-3H3,(H,19,20)(H2,18,23,24). The number of carbonyl (C=O) groups excluding carboxylic acids is 1. The molecular formula is C17H26N4O4S. The monoisotopic (exact) mass is 382 g/mol. The lowest BCUT2D eigenvalue weighted by molar-refractivity contribution is -0.145. The van der Waals surface area contributed by atoms with Crippen LogP contribution < -0.4 is 10.5 Å². The predicted octanol–water partition coefficient (Wildman–Crippen LogP) is 0.540. The Morgan fingerprint density at radius 1 is 1.42 bits per heavy atom. The van der Waals surface area contributed by atoms with E-state index in [1.165, 1.54) is 19.2 Å². The average molecular weight is 382 g/mol. The Morgan fingerprint density at radius 2 is 2.15 bits per heavy atom. The predicted molar refractivity (Wildman–Crippen MR) is 98.9 cm³/mol. The molecule has 0 saturated carbocycles. The summed E-state index contributed by atoms with van der Waals surface area (Å²) in [5.74, 6) is 0.454. The fourth-order valence-electron chi connectivity index (χ4n) is 3.01. The molecule has 1 aromatic carbocycles. The molecule has 8 nitrogen and oxygen atoms in total. The van der Waals surface area contributed by atoms with Crippen LogP contribution in [0.5, 0.6) is 0 Å². The third kappa shape index (κ3) is 4.95. The van der Waals surface area contributed by atoms with E-state index in [9.17, 15) is 13.2 Å². The molecule has 0 aliphatic carbocycles. The number of hydrogen-bond donors (Lipinski definition) is 2. The van der Waals surface area contributed by atoms with E-state index in [0.29, 0.717) is 32.1 Å². The van der Waals surface area contributed by atoms with E-state index in [1.54, 1.807) is 12.1 Å². The van der Waals surface area contributed by atoms with E-state index in [1.807, 2.05) is 18.7 Å². The van der Waals surface area contributed by atoms with E-state index >= 15 is 0 Å². The Morgan fingerprint density at radius 3 is 2.77 bits per heavy atom. The minimum Gasteiger partial charge on any atom is -0.469 e. The molecule has 1 heterocycles. The molecule has 0 spiro atoms. The number of carbonyl (C=O) groups is 1. The molecular weight excluding hydrogens is 356 g/mol. The molecule has 26 heavy (non-hydrogen) atoms. The van der Waals surface area contributed by atoms with Gasteiger partial charge < -0.3 is 15.0 Å². The Balaban J connectivity index is 2.16. The van der Waals surface area contributed by atoms with Crippen LogP contribution in [-0.4, -0.2) is 52.0 Å². The third-order valence-corrected chi connectivity index (χ3v) is 5.30. The van der Waals surface area contributed by atoms with Crippen molar-refractivity contribution in [2.45, 2.75) is 25.3 Å². The first-order chi connectivity index (χ1) is 12.3. The number of methoxy groups -OCH3 is 1. The van der Waals surface area contributed by atoms with Crippen LogP contribution >= 0.6 is 0 Å². The van der Waals surface area contributed by atoms with Crippen LogP contribution in [0.15, 0.2) is 34.2 Å². The molecule has 1 aliphatic heterocycles. The van der Waals surface area contributed by atoms with E-state index in [4.69, 9.17) is 9.88 Å². The molecule has 0 radical (unpaired) electrons. The second kappa shape index (κ2) is 8.50. The summed E-state index contributed by atoms with van der Waals surface area (Å²) in [5.41, 5.74) is 0.740. The van der Waals surface area contributed by atoms with Crippen molar-refractivity contribution < 1.29 is 17.9 Å². The summed E-state index contributed by atoms with van der Waals surface area (Å²) in [5, 5.41) is 8.39. The highest BCUT2D eigenvalue weighted by molar-refractivity contribution is 7.89. The van der Waals surface area contributed by atoms with Gasteiger partial charge in [-0.25, -0.2) is 18.5 Å². The highest BCUT2D eigenvalue weighted by Gasteiger charge is 2.36. The van der Waals surface area contributed by atoms with Gasteiger partial charge in [0.1, 0.15) is 0 Å². The fraction of sp³-hybridized carbons (Fsp3) is 0.529. The summed E-state index contributed by atoms with van der Waals surface area (Å²) in [7, 11) is -2.34. The topological polar surface area (TPSA) is 114 Å². The number of likely N-dealkylation sites (tertiary alicyclic amines) is 1. The number of ether oxygens (including phenoxy) is 1. The molecule has 0 bridgehead atoms. The van der Waals surface area contributed by atoms with Crippen molar-refractivity contribution >= 4 is 22.0 Å². The molecule has 1 aromatic rings. The van der Waals surface area contributed by atoms with Gasteiger partial charge in [0.15, 0.2) is 5.96 Å². The summed E-state index contributed by atoms with van der Waals surface area (Å²) >= 11 is 0. The molecule has 2 atom stereocenters. The normalized spacial score (nSPS) is 20.9. The zero-order valence-electron chi connectivity index (χ0n) is 15.3. The largest absolute Gasteiger partial charge is 0.469 e. The quantitative estimate of drug-likeness (QED) is 0.436. The molecule has 0 aromatic heterocycles. The number of rotatable bonds is 5. The van der Waals surface area contributed by atoms with Crippen LogP contribution in [0.1, 0.15) is 19.4 Å². The smallest absolute Gasteiger partial charge is 0.310 e. The number of primary sulfonamides is 1. The number of nitrogens with one attached hydrogen (secondary N) is 1. The molecule has 3 N–H and O–H groups in total. The number of sulfonamides is 1. The number of nitrogens with two attached hydrogens (primary N) is 1. The van der Waals surface area contributed by atoms with E-state index in [-0.39, 0.29) is 22.7 Å². The zero-order valence-corrected chi connectivity index (χ0v) is 16.1. The third-order valence-electron chi connectivity index (χ3n) is 4.39. The van der Waals surface area contributed by atoms with Crippen LogP contribution in [-0.2, 0) is 26.1 Å². The second-order valence-electron chi connectivity index (χ2n) is 6.37. The first-order valence-corrected chi connectivity index (χ1v) is 10.0. The Labute approximate surface area is 154 Å². The molecule has 144 valence electrons. The van der Waals surface area contributed by atoms with Crippen LogP contribution in [0.25, 0.3) is 0 Å². The first kappa shape index (κ1) is 20.2. The maximum Gasteiger partial charge on any atom is 0.310 e. The SMILES string of the molecule is CCNC(=NCc1cccc(S(N)(=O)=O)c1)N1CC(C)C(C(=O)OC)C1. The lowest BCUT2D eigenvalue weighted by atomic mass is 9.99. The maximum absolute atomic E-state index is 11.9. The van der Waals surface area contributed by atoms with Gasteiger partial charge in [0.2, 0.25) is 10.0 Å². The molecule has 1 aliphatic rings. The van der Waals surface area contributed by atoms with Crippen molar-refractivity contribution in [3.8, 4) is 0 Å². The Kier molecular flexibility index (Phi) is 6.60. The van der Waals surface area contributed by atoms with E-state index in [0.717, 1.165) is 5.56 Å². The van der Waals surface area contributed by atoms with Crippen molar-refractivity contribution in [3.05, 3.63) is 29.8 Å². The van der Waals surface area contributed by atoms with Gasteiger partial charge in [-0.1, -0.05) is 19.1 Å². The van der Waals surface area contributed by atoms with Crippen molar-refractivity contribution in [1.29, 1.82) is 0 Å². The zero-order chi connectivity index (χ0) is 19.3. The number of nitrogens with zero attached hydrogens (tertiary/aromatic N) is 2. The lowest BCUT2D eigenvalue weighted by Crippen LogP contribution is -2.40. The van der Waals surface area contributed by atoms with Gasteiger partial charge in [0.05, 0.1) is 24.5 Å². The van der Waals surface area contributed by atoms with E-state index in [2.05, 4.69) is 10.3 Å². The number of esters is 1. The summed E-state index contributed by atoms with van der Waals surface area (Å²) in [4.78, 5) is 18.6. The van der Waals surface area contributed by atoms with Gasteiger partial charge in [-0.15, -0.1) is 0 Å². The fourth-order valence-corrected chi connectivity index (χ4v) is 3.59.